The van der Waals surface area contributed by atoms with Crippen LogP contribution in [0, 0.1) is 0 Å². The summed E-state index contributed by atoms with van der Waals surface area (Å²) in [5, 5.41) is 0. The Hall–Kier alpha value is -2.75. The molecule has 1 heterocycles. The van der Waals surface area contributed by atoms with Crippen molar-refractivity contribution in [1.82, 2.24) is 0 Å². The number of benzene rings is 2. The van der Waals surface area contributed by atoms with E-state index in [0.717, 1.165) is 0 Å². The van der Waals surface area contributed by atoms with E-state index in [4.69, 9.17) is 23.7 Å². The molecule has 34 heavy (non-hydrogen) atoms. The standard InChI is InChI=1S/C25H25BrO8/c1-25(33-7-8-34-25)12-14(27)6-5-13-9-16-20(24(32-4)21(13)26)23(29)17-10-15(30-2)11-18(31-3)19(17)22(16)28/h9-11H,5-8,12H2,1-4H3. The second-order valence-corrected chi connectivity index (χ2v) is 9.06. The highest BCUT2D eigenvalue weighted by molar-refractivity contribution is 9.10. The summed E-state index contributed by atoms with van der Waals surface area (Å²) in [7, 11) is 4.34. The van der Waals surface area contributed by atoms with Crippen LogP contribution < -0.4 is 14.2 Å². The van der Waals surface area contributed by atoms with Gasteiger partial charge < -0.3 is 23.7 Å². The highest BCUT2D eigenvalue weighted by Gasteiger charge is 2.37. The molecule has 0 aromatic heterocycles. The third kappa shape index (κ3) is 4.23. The van der Waals surface area contributed by atoms with Crippen LogP contribution in [0.1, 0.15) is 57.2 Å². The molecule has 2 aromatic carbocycles. The van der Waals surface area contributed by atoms with Gasteiger partial charge in [0.1, 0.15) is 23.0 Å². The Morgan fingerprint density at radius 2 is 1.62 bits per heavy atom. The van der Waals surface area contributed by atoms with E-state index in [1.165, 1.54) is 27.4 Å². The maximum Gasteiger partial charge on any atom is 0.198 e. The van der Waals surface area contributed by atoms with Crippen molar-refractivity contribution in [2.75, 3.05) is 34.5 Å². The van der Waals surface area contributed by atoms with Crippen LogP contribution in [-0.4, -0.2) is 57.7 Å². The molecule has 1 saturated heterocycles. The average Bonchev–Trinajstić information content (AvgIpc) is 3.25. The molecule has 1 aliphatic carbocycles. The van der Waals surface area contributed by atoms with Gasteiger partial charge in [-0.1, -0.05) is 0 Å². The molecule has 180 valence electrons. The smallest absolute Gasteiger partial charge is 0.198 e. The summed E-state index contributed by atoms with van der Waals surface area (Å²) < 4.78 is 27.8. The van der Waals surface area contributed by atoms with Crippen LogP contribution in [0.2, 0.25) is 0 Å². The van der Waals surface area contributed by atoms with E-state index in [1.54, 1.807) is 19.1 Å². The summed E-state index contributed by atoms with van der Waals surface area (Å²) in [6.45, 7) is 2.68. The quantitative estimate of drug-likeness (QED) is 0.430. The van der Waals surface area contributed by atoms with E-state index >= 15 is 0 Å². The lowest BCUT2D eigenvalue weighted by molar-refractivity contribution is -0.158. The van der Waals surface area contributed by atoms with E-state index in [9.17, 15) is 14.4 Å². The Kier molecular flexibility index (Phi) is 6.80. The number of carbonyl (C=O) groups is 3. The number of hydrogen-bond donors (Lipinski definition) is 0. The Bertz CT molecular complexity index is 1180. The van der Waals surface area contributed by atoms with Gasteiger partial charge in [0.05, 0.1) is 56.6 Å². The minimum absolute atomic E-state index is 0.0329. The van der Waals surface area contributed by atoms with E-state index in [0.29, 0.717) is 35.4 Å². The number of methoxy groups -OCH3 is 3. The molecule has 0 spiro atoms. The van der Waals surface area contributed by atoms with Crippen molar-refractivity contribution in [3.8, 4) is 17.2 Å². The number of Topliss-reactive ketones (excluding diaryl/α,β-unsaturated/α-hetero) is 1. The molecule has 4 rings (SSSR count). The molecule has 1 fully saturated rings. The number of rotatable bonds is 8. The van der Waals surface area contributed by atoms with Crippen molar-refractivity contribution in [3.05, 3.63) is 50.5 Å². The zero-order valence-corrected chi connectivity index (χ0v) is 21.0. The number of ketones is 3. The maximum absolute atomic E-state index is 13.5. The van der Waals surface area contributed by atoms with Gasteiger partial charge in [0, 0.05) is 23.6 Å². The first-order valence-corrected chi connectivity index (χ1v) is 11.6. The summed E-state index contributed by atoms with van der Waals surface area (Å²) >= 11 is 3.51. The van der Waals surface area contributed by atoms with Crippen molar-refractivity contribution in [3.63, 3.8) is 0 Å². The Morgan fingerprint density at radius 3 is 2.24 bits per heavy atom. The molecule has 2 aliphatic rings. The van der Waals surface area contributed by atoms with Crippen LogP contribution in [0.25, 0.3) is 0 Å². The van der Waals surface area contributed by atoms with Crippen molar-refractivity contribution in [1.29, 1.82) is 0 Å². The van der Waals surface area contributed by atoms with Crippen molar-refractivity contribution >= 4 is 33.3 Å². The SMILES string of the molecule is COc1cc(OC)c2c(c1)C(=O)c1c(cc(CCC(=O)CC3(C)OCCO3)c(Br)c1OC)C2=O. The highest BCUT2D eigenvalue weighted by atomic mass is 79.9. The fraction of sp³-hybridized carbons (Fsp3) is 0.400. The lowest BCUT2D eigenvalue weighted by Gasteiger charge is -2.24. The predicted molar refractivity (Wildman–Crippen MR) is 125 cm³/mol. The zero-order chi connectivity index (χ0) is 24.6. The number of fused-ring (bicyclic) bond motifs is 2. The van der Waals surface area contributed by atoms with Gasteiger partial charge in [-0.3, -0.25) is 14.4 Å². The van der Waals surface area contributed by atoms with Crippen LogP contribution in [0.15, 0.2) is 22.7 Å². The second kappa shape index (κ2) is 9.48. The Labute approximate surface area is 205 Å². The maximum atomic E-state index is 13.5. The molecule has 2 aromatic rings. The van der Waals surface area contributed by atoms with Gasteiger partial charge in [0.15, 0.2) is 17.4 Å². The molecule has 8 nitrogen and oxygen atoms in total. The van der Waals surface area contributed by atoms with E-state index < -0.39 is 5.79 Å². The fourth-order valence-electron chi connectivity index (χ4n) is 4.40. The van der Waals surface area contributed by atoms with Crippen LogP contribution in [0.4, 0.5) is 0 Å². The van der Waals surface area contributed by atoms with Crippen molar-refractivity contribution in [2.45, 2.75) is 32.0 Å². The largest absolute Gasteiger partial charge is 0.497 e. The van der Waals surface area contributed by atoms with Crippen molar-refractivity contribution < 1.29 is 38.1 Å². The minimum Gasteiger partial charge on any atom is -0.497 e. The van der Waals surface area contributed by atoms with Crippen LogP contribution in [0.5, 0.6) is 17.2 Å². The molecule has 0 N–H and O–H groups in total. The molecule has 1 aliphatic heterocycles. The van der Waals surface area contributed by atoms with Crippen molar-refractivity contribution in [2.24, 2.45) is 0 Å². The summed E-state index contributed by atoms with van der Waals surface area (Å²) in [6.07, 6.45) is 0.686. The van der Waals surface area contributed by atoms with E-state index in [2.05, 4.69) is 15.9 Å². The highest BCUT2D eigenvalue weighted by Crippen LogP contribution is 2.43. The number of ether oxygens (including phenoxy) is 5. The first-order valence-electron chi connectivity index (χ1n) is 10.8. The second-order valence-electron chi connectivity index (χ2n) is 8.26. The normalized spacial score (nSPS) is 16.1. The molecule has 0 atom stereocenters. The fourth-order valence-corrected chi connectivity index (χ4v) is 5.07. The monoisotopic (exact) mass is 532 g/mol. The predicted octanol–water partition coefficient (Wildman–Crippen LogP) is 3.91. The number of aryl methyl sites for hydroxylation is 1. The molecular formula is C25H25BrO8. The van der Waals surface area contributed by atoms with Gasteiger partial charge in [-0.2, -0.15) is 0 Å². The number of halogens is 1. The lowest BCUT2D eigenvalue weighted by Crippen LogP contribution is -2.29. The summed E-state index contributed by atoms with van der Waals surface area (Å²) in [5.41, 5.74) is 1.41. The summed E-state index contributed by atoms with van der Waals surface area (Å²) in [5.74, 6) is -0.757. The van der Waals surface area contributed by atoms with Gasteiger partial charge in [-0.15, -0.1) is 0 Å². The third-order valence-electron chi connectivity index (χ3n) is 6.06. The van der Waals surface area contributed by atoms with Crippen LogP contribution in [0.3, 0.4) is 0 Å². The van der Waals surface area contributed by atoms with Gasteiger partial charge in [-0.25, -0.2) is 0 Å². The first kappa shape index (κ1) is 24.4. The lowest BCUT2D eigenvalue weighted by atomic mass is 9.81. The van der Waals surface area contributed by atoms with Gasteiger partial charge in [-0.05, 0) is 47.0 Å². The van der Waals surface area contributed by atoms with E-state index in [1.807, 2.05) is 0 Å². The summed E-state index contributed by atoms with van der Waals surface area (Å²) in [4.78, 5) is 39.6. The number of hydrogen-bond acceptors (Lipinski definition) is 8. The molecule has 0 saturated carbocycles. The number of carbonyl (C=O) groups excluding carboxylic acids is 3. The molecule has 0 unspecified atom stereocenters. The molecule has 0 radical (unpaired) electrons. The topological polar surface area (TPSA) is 97.4 Å². The Morgan fingerprint density at radius 1 is 0.971 bits per heavy atom. The first-order chi connectivity index (χ1) is 16.2. The van der Waals surface area contributed by atoms with Crippen LogP contribution in [-0.2, 0) is 20.7 Å². The molecule has 0 bridgehead atoms. The Balaban J connectivity index is 1.70. The minimum atomic E-state index is -0.897. The third-order valence-corrected chi connectivity index (χ3v) is 6.93. The average molecular weight is 533 g/mol. The molecule has 9 heteroatoms. The van der Waals surface area contributed by atoms with Crippen LogP contribution >= 0.6 is 15.9 Å². The molecular weight excluding hydrogens is 508 g/mol. The van der Waals surface area contributed by atoms with Gasteiger partial charge in [0.2, 0.25) is 0 Å². The van der Waals surface area contributed by atoms with Gasteiger partial charge >= 0.3 is 0 Å². The van der Waals surface area contributed by atoms with Gasteiger partial charge in [0.25, 0.3) is 0 Å². The summed E-state index contributed by atoms with van der Waals surface area (Å²) in [6, 6.07) is 4.74. The van der Waals surface area contributed by atoms with E-state index in [-0.39, 0.29) is 63.9 Å². The molecule has 0 amide bonds. The zero-order valence-electron chi connectivity index (χ0n) is 19.4.